The number of nitrogens with zero attached hydrogens (tertiary/aromatic N) is 1. The molecule has 1 atom stereocenters. The Hall–Kier alpha value is -1.59. The number of hydrogen-bond donors (Lipinski definition) is 2. The highest BCUT2D eigenvalue weighted by molar-refractivity contribution is 5.76. The first kappa shape index (κ1) is 16.5. The van der Waals surface area contributed by atoms with Gasteiger partial charge in [-0.3, -0.25) is 9.69 Å². The molecule has 20 heavy (non-hydrogen) atoms. The molecule has 0 bridgehead atoms. The fraction of sp³-hybridized carbons (Fsp3) is 0.533. The SMILES string of the molecule is CCNC(=O)CC(CN)N(C)Cc1cccc(OC)c1. The van der Waals surface area contributed by atoms with E-state index in [1.807, 2.05) is 38.2 Å². The van der Waals surface area contributed by atoms with Crippen LogP contribution < -0.4 is 15.8 Å². The molecule has 0 aliphatic carbocycles. The third kappa shape index (κ3) is 5.19. The van der Waals surface area contributed by atoms with Gasteiger partial charge in [0.05, 0.1) is 7.11 Å². The summed E-state index contributed by atoms with van der Waals surface area (Å²) >= 11 is 0. The second kappa shape index (κ2) is 8.55. The summed E-state index contributed by atoms with van der Waals surface area (Å²) in [6.45, 7) is 3.75. The molecule has 1 aromatic carbocycles. The normalized spacial score (nSPS) is 12.2. The molecule has 1 rings (SSSR count). The van der Waals surface area contributed by atoms with Crippen LogP contribution in [0.5, 0.6) is 5.75 Å². The van der Waals surface area contributed by atoms with E-state index >= 15 is 0 Å². The number of rotatable bonds is 8. The van der Waals surface area contributed by atoms with Crippen LogP contribution in [0.4, 0.5) is 0 Å². The topological polar surface area (TPSA) is 67.6 Å². The Morgan fingerprint density at radius 2 is 2.25 bits per heavy atom. The molecule has 0 aromatic heterocycles. The summed E-state index contributed by atoms with van der Waals surface area (Å²) < 4.78 is 5.21. The van der Waals surface area contributed by atoms with Gasteiger partial charge in [0.2, 0.25) is 5.91 Å². The minimum absolute atomic E-state index is 0.0350. The van der Waals surface area contributed by atoms with Crippen molar-refractivity contribution in [2.45, 2.75) is 25.9 Å². The maximum Gasteiger partial charge on any atom is 0.221 e. The predicted molar refractivity (Wildman–Crippen MR) is 80.6 cm³/mol. The van der Waals surface area contributed by atoms with Crippen molar-refractivity contribution in [1.29, 1.82) is 0 Å². The highest BCUT2D eigenvalue weighted by atomic mass is 16.5. The zero-order chi connectivity index (χ0) is 15.0. The van der Waals surface area contributed by atoms with Crippen molar-refractivity contribution in [3.63, 3.8) is 0 Å². The lowest BCUT2D eigenvalue weighted by Gasteiger charge is -2.26. The monoisotopic (exact) mass is 279 g/mol. The van der Waals surface area contributed by atoms with E-state index in [1.165, 1.54) is 0 Å². The Kier molecular flexibility index (Phi) is 7.04. The van der Waals surface area contributed by atoms with Crippen LogP contribution in [-0.2, 0) is 11.3 Å². The number of carbonyl (C=O) groups is 1. The average molecular weight is 279 g/mol. The van der Waals surface area contributed by atoms with Crippen molar-refractivity contribution in [3.8, 4) is 5.75 Å². The van der Waals surface area contributed by atoms with Crippen LogP contribution in [0.1, 0.15) is 18.9 Å². The van der Waals surface area contributed by atoms with Gasteiger partial charge in [0.25, 0.3) is 0 Å². The van der Waals surface area contributed by atoms with Crippen molar-refractivity contribution in [2.24, 2.45) is 5.73 Å². The lowest BCUT2D eigenvalue weighted by Crippen LogP contribution is -2.41. The molecule has 1 aromatic rings. The van der Waals surface area contributed by atoms with Crippen molar-refractivity contribution >= 4 is 5.91 Å². The number of ether oxygens (including phenoxy) is 1. The number of benzene rings is 1. The van der Waals surface area contributed by atoms with Gasteiger partial charge in [-0.1, -0.05) is 12.1 Å². The van der Waals surface area contributed by atoms with E-state index in [-0.39, 0.29) is 11.9 Å². The first-order chi connectivity index (χ1) is 9.60. The first-order valence-electron chi connectivity index (χ1n) is 6.90. The van der Waals surface area contributed by atoms with Crippen molar-refractivity contribution < 1.29 is 9.53 Å². The van der Waals surface area contributed by atoms with Crippen molar-refractivity contribution in [3.05, 3.63) is 29.8 Å². The first-order valence-corrected chi connectivity index (χ1v) is 6.90. The number of hydrogen-bond acceptors (Lipinski definition) is 4. The van der Waals surface area contributed by atoms with Gasteiger partial charge >= 0.3 is 0 Å². The van der Waals surface area contributed by atoms with Crippen LogP contribution in [-0.4, -0.2) is 44.1 Å². The molecule has 5 heteroatoms. The third-order valence-electron chi connectivity index (χ3n) is 3.26. The maximum atomic E-state index is 11.7. The summed E-state index contributed by atoms with van der Waals surface area (Å²) in [6, 6.07) is 7.95. The van der Waals surface area contributed by atoms with E-state index in [0.29, 0.717) is 19.5 Å². The second-order valence-corrected chi connectivity index (χ2v) is 4.81. The Balaban J connectivity index is 2.61. The molecule has 0 aliphatic rings. The molecule has 5 nitrogen and oxygen atoms in total. The number of carbonyl (C=O) groups excluding carboxylic acids is 1. The maximum absolute atomic E-state index is 11.7. The third-order valence-corrected chi connectivity index (χ3v) is 3.26. The molecule has 1 amide bonds. The van der Waals surface area contributed by atoms with Gasteiger partial charge in [0.1, 0.15) is 5.75 Å². The van der Waals surface area contributed by atoms with Gasteiger partial charge in [-0.15, -0.1) is 0 Å². The lowest BCUT2D eigenvalue weighted by molar-refractivity contribution is -0.122. The zero-order valence-corrected chi connectivity index (χ0v) is 12.6. The molecular formula is C15H25N3O2. The van der Waals surface area contributed by atoms with Gasteiger partial charge in [0, 0.05) is 32.1 Å². The molecule has 0 fully saturated rings. The molecule has 0 radical (unpaired) electrons. The predicted octanol–water partition coefficient (Wildman–Crippen LogP) is 0.981. The quantitative estimate of drug-likeness (QED) is 0.744. The Bertz CT molecular complexity index is 423. The molecule has 3 N–H and O–H groups in total. The van der Waals surface area contributed by atoms with Crippen LogP contribution in [0.25, 0.3) is 0 Å². The Labute approximate surface area is 121 Å². The summed E-state index contributed by atoms with van der Waals surface area (Å²) in [6.07, 6.45) is 0.421. The van der Waals surface area contributed by atoms with Gasteiger partial charge in [-0.25, -0.2) is 0 Å². The van der Waals surface area contributed by atoms with Gasteiger partial charge in [0.15, 0.2) is 0 Å². The fourth-order valence-electron chi connectivity index (χ4n) is 2.09. The summed E-state index contributed by atoms with van der Waals surface area (Å²) in [5.41, 5.74) is 6.92. The fourth-order valence-corrected chi connectivity index (χ4v) is 2.09. The van der Waals surface area contributed by atoms with E-state index in [9.17, 15) is 4.79 Å². The van der Waals surface area contributed by atoms with E-state index < -0.39 is 0 Å². The van der Waals surface area contributed by atoms with Gasteiger partial charge in [-0.2, -0.15) is 0 Å². The van der Waals surface area contributed by atoms with E-state index in [1.54, 1.807) is 7.11 Å². The highest BCUT2D eigenvalue weighted by Gasteiger charge is 2.17. The molecule has 0 heterocycles. The van der Waals surface area contributed by atoms with Crippen LogP contribution in [0.15, 0.2) is 24.3 Å². The van der Waals surface area contributed by atoms with E-state index in [4.69, 9.17) is 10.5 Å². The number of likely N-dealkylation sites (N-methyl/N-ethyl adjacent to an activating group) is 1. The number of methoxy groups -OCH3 is 1. The molecule has 0 aliphatic heterocycles. The van der Waals surface area contributed by atoms with Crippen molar-refractivity contribution in [2.75, 3.05) is 27.2 Å². The van der Waals surface area contributed by atoms with Crippen LogP contribution in [0.2, 0.25) is 0 Å². The zero-order valence-electron chi connectivity index (χ0n) is 12.6. The summed E-state index contributed by atoms with van der Waals surface area (Å²) in [5.74, 6) is 0.879. The lowest BCUT2D eigenvalue weighted by atomic mass is 10.1. The Morgan fingerprint density at radius 1 is 1.50 bits per heavy atom. The van der Waals surface area contributed by atoms with Crippen LogP contribution in [0, 0.1) is 0 Å². The van der Waals surface area contributed by atoms with Crippen LogP contribution in [0.3, 0.4) is 0 Å². The molecule has 1 unspecified atom stereocenters. The van der Waals surface area contributed by atoms with Crippen molar-refractivity contribution in [1.82, 2.24) is 10.2 Å². The Morgan fingerprint density at radius 3 is 2.85 bits per heavy atom. The smallest absolute Gasteiger partial charge is 0.221 e. The number of nitrogens with one attached hydrogen (secondary N) is 1. The van der Waals surface area contributed by atoms with E-state index in [2.05, 4.69) is 10.2 Å². The van der Waals surface area contributed by atoms with Gasteiger partial charge in [-0.05, 0) is 31.7 Å². The van der Waals surface area contributed by atoms with Crippen LogP contribution >= 0.6 is 0 Å². The van der Waals surface area contributed by atoms with E-state index in [0.717, 1.165) is 17.9 Å². The highest BCUT2D eigenvalue weighted by Crippen LogP contribution is 2.15. The number of nitrogens with two attached hydrogens (primary N) is 1. The molecule has 0 saturated heterocycles. The largest absolute Gasteiger partial charge is 0.497 e. The minimum Gasteiger partial charge on any atom is -0.497 e. The second-order valence-electron chi connectivity index (χ2n) is 4.81. The average Bonchev–Trinajstić information content (AvgIpc) is 2.45. The molecule has 0 saturated carbocycles. The molecule has 0 spiro atoms. The minimum atomic E-state index is 0.0350. The number of amides is 1. The summed E-state index contributed by atoms with van der Waals surface area (Å²) in [5, 5.41) is 2.81. The standard InChI is InChI=1S/C15H25N3O2/c1-4-17-15(19)9-13(10-16)18(2)11-12-6-5-7-14(8-12)20-3/h5-8,13H,4,9-11,16H2,1-3H3,(H,17,19). The molecular weight excluding hydrogens is 254 g/mol. The molecule has 112 valence electrons. The van der Waals surface area contributed by atoms with Gasteiger partial charge < -0.3 is 15.8 Å². The summed E-state index contributed by atoms with van der Waals surface area (Å²) in [7, 11) is 3.64. The summed E-state index contributed by atoms with van der Waals surface area (Å²) in [4.78, 5) is 13.8.